The molecule has 4 N–H and O–H groups in total. The lowest BCUT2D eigenvalue weighted by molar-refractivity contribution is -0.274. The molecule has 1 saturated heterocycles. The minimum atomic E-state index is -5.10. The number of rotatable bonds is 9. The molecule has 0 bridgehead atoms. The van der Waals surface area contributed by atoms with Gasteiger partial charge in [0, 0.05) is 44.8 Å². The highest BCUT2D eigenvalue weighted by Gasteiger charge is 2.42. The fraction of sp³-hybridized carbons (Fsp3) is 0.333. The zero-order valence-electron chi connectivity index (χ0n) is 21.5. The molecule has 1 aliphatic heterocycles. The number of nitrogens with zero attached hydrogens (tertiary/aromatic N) is 4. The molecular formula is C24H24ClF3N6O6S. The Hall–Kier alpha value is -3.89. The van der Waals surface area contributed by atoms with Gasteiger partial charge in [-0.25, -0.2) is 23.2 Å². The van der Waals surface area contributed by atoms with Crippen LogP contribution in [0.25, 0.3) is 10.8 Å². The summed E-state index contributed by atoms with van der Waals surface area (Å²) >= 11 is 6.12. The van der Waals surface area contributed by atoms with Crippen molar-refractivity contribution in [2.24, 2.45) is 0 Å². The van der Waals surface area contributed by atoms with E-state index in [0.717, 1.165) is 23.2 Å². The van der Waals surface area contributed by atoms with Crippen molar-refractivity contribution in [1.29, 1.82) is 0 Å². The van der Waals surface area contributed by atoms with Crippen molar-refractivity contribution in [2.75, 3.05) is 31.3 Å². The maximum Gasteiger partial charge on any atom is 0.573 e. The van der Waals surface area contributed by atoms with Gasteiger partial charge in [-0.15, -0.1) is 13.2 Å². The van der Waals surface area contributed by atoms with Gasteiger partial charge in [-0.2, -0.15) is 4.72 Å². The van der Waals surface area contributed by atoms with Gasteiger partial charge in [-0.3, -0.25) is 4.79 Å². The van der Waals surface area contributed by atoms with Gasteiger partial charge in [0.05, 0.1) is 5.02 Å². The maximum absolute atomic E-state index is 13.2. The van der Waals surface area contributed by atoms with E-state index in [0.29, 0.717) is 11.2 Å². The lowest BCUT2D eigenvalue weighted by atomic mass is 10.00. The number of hydrogen-bond donors (Lipinski definition) is 3. The number of carboxylic acids is 1. The minimum Gasteiger partial charge on any atom is -0.480 e. The van der Waals surface area contributed by atoms with E-state index < -0.39 is 52.5 Å². The standard InChI is InChI=1S/C24H24ClF3N6O6S/c1-33(2)21-16(25)9-14(11-31-21)41(38,39)32-17-4-6-34(22(17)35)18(23(36)37)8-13-7-12-3-5-30-20(29)15(12)10-19(13)40-24(26,27)28/h3,5,7,9-11,17-18,32H,4,6,8H2,1-2H3,(H2,29,30)(H,36,37)/t17-,18+/m0/s1. The van der Waals surface area contributed by atoms with Crippen LogP contribution in [0.15, 0.2) is 41.6 Å². The van der Waals surface area contributed by atoms with Crippen LogP contribution in [-0.2, 0) is 26.0 Å². The number of carbonyl (C=O) groups is 2. The highest BCUT2D eigenvalue weighted by atomic mass is 35.5. The lowest BCUT2D eigenvalue weighted by Crippen LogP contribution is -2.48. The minimum absolute atomic E-state index is 0.0491. The quantitative estimate of drug-likeness (QED) is 0.325. The van der Waals surface area contributed by atoms with Crippen LogP contribution in [0.4, 0.5) is 24.8 Å². The average molecular weight is 617 g/mol. The predicted octanol–water partition coefficient (Wildman–Crippen LogP) is 2.41. The number of carbonyl (C=O) groups excluding carboxylic acids is 1. The van der Waals surface area contributed by atoms with Gasteiger partial charge in [0.15, 0.2) is 0 Å². The molecule has 1 amide bonds. The number of aliphatic carboxylic acids is 1. The van der Waals surface area contributed by atoms with Crippen LogP contribution in [0.3, 0.4) is 0 Å². The van der Waals surface area contributed by atoms with Crippen molar-refractivity contribution >= 4 is 55.9 Å². The Kier molecular flexibility index (Phi) is 8.20. The molecule has 1 fully saturated rings. The summed E-state index contributed by atoms with van der Waals surface area (Å²) in [5.74, 6) is -2.82. The molecular weight excluding hydrogens is 593 g/mol. The molecule has 2 aromatic heterocycles. The summed E-state index contributed by atoms with van der Waals surface area (Å²) in [5, 5.41) is 10.5. The van der Waals surface area contributed by atoms with Crippen molar-refractivity contribution in [1.82, 2.24) is 19.6 Å². The second kappa shape index (κ2) is 11.2. The fourth-order valence-corrected chi connectivity index (χ4v) is 6.05. The number of amides is 1. The van der Waals surface area contributed by atoms with Crippen LogP contribution in [0, 0.1) is 0 Å². The van der Waals surface area contributed by atoms with Crippen LogP contribution in [-0.4, -0.2) is 79.4 Å². The number of nitrogen functional groups attached to an aromatic ring is 1. The maximum atomic E-state index is 13.2. The Bertz CT molecular complexity index is 1620. The first kappa shape index (κ1) is 30.1. The van der Waals surface area contributed by atoms with Gasteiger partial charge in [0.25, 0.3) is 0 Å². The number of hydrogen-bond acceptors (Lipinski definition) is 9. The van der Waals surface area contributed by atoms with Gasteiger partial charge in [0.2, 0.25) is 15.9 Å². The first-order valence-electron chi connectivity index (χ1n) is 11.9. The van der Waals surface area contributed by atoms with Crippen molar-refractivity contribution in [3.63, 3.8) is 0 Å². The number of aromatic nitrogens is 2. The summed E-state index contributed by atoms with van der Waals surface area (Å²) in [6.07, 6.45) is -3.38. The van der Waals surface area contributed by atoms with Gasteiger partial charge < -0.3 is 25.4 Å². The van der Waals surface area contributed by atoms with E-state index in [4.69, 9.17) is 17.3 Å². The largest absolute Gasteiger partial charge is 0.573 e. The van der Waals surface area contributed by atoms with Crippen LogP contribution in [0.1, 0.15) is 12.0 Å². The summed E-state index contributed by atoms with van der Waals surface area (Å²) < 4.78 is 71.8. The number of sulfonamides is 1. The SMILES string of the molecule is CN(C)c1ncc(S(=O)(=O)N[C@H]2CCN([C@H](Cc3cc4ccnc(N)c4cc3OC(F)(F)F)C(=O)O)C2=O)cc1Cl. The molecule has 0 saturated carbocycles. The molecule has 3 heterocycles. The van der Waals surface area contributed by atoms with E-state index in [9.17, 15) is 36.3 Å². The zero-order chi connectivity index (χ0) is 30.3. The molecule has 0 radical (unpaired) electrons. The second-order valence-corrected chi connectivity index (χ2v) is 11.5. The highest BCUT2D eigenvalue weighted by molar-refractivity contribution is 7.89. The van der Waals surface area contributed by atoms with Crippen molar-refractivity contribution in [3.8, 4) is 5.75 Å². The Balaban J connectivity index is 1.60. The van der Waals surface area contributed by atoms with Crippen LogP contribution >= 0.6 is 11.6 Å². The fourth-order valence-electron chi connectivity index (χ4n) is 4.45. The highest BCUT2D eigenvalue weighted by Crippen LogP contribution is 2.34. The van der Waals surface area contributed by atoms with E-state index in [1.807, 2.05) is 0 Å². The number of nitrogens with two attached hydrogens (primary N) is 1. The molecule has 0 spiro atoms. The summed E-state index contributed by atoms with van der Waals surface area (Å²) in [6, 6.07) is 1.94. The molecule has 12 nitrogen and oxygen atoms in total. The number of ether oxygens (including phenoxy) is 1. The van der Waals surface area contributed by atoms with Crippen LogP contribution < -0.4 is 20.1 Å². The first-order valence-corrected chi connectivity index (χ1v) is 13.7. The summed E-state index contributed by atoms with van der Waals surface area (Å²) in [5.41, 5.74) is 5.62. The van der Waals surface area contributed by atoms with E-state index >= 15 is 0 Å². The average Bonchev–Trinajstić information content (AvgIpc) is 3.20. The third kappa shape index (κ3) is 6.55. The molecule has 41 heavy (non-hydrogen) atoms. The molecule has 1 aromatic carbocycles. The van der Waals surface area contributed by atoms with Crippen molar-refractivity contribution in [2.45, 2.75) is 36.2 Å². The zero-order valence-corrected chi connectivity index (χ0v) is 23.1. The summed E-state index contributed by atoms with van der Waals surface area (Å²) in [6.45, 7) is -0.179. The predicted molar refractivity (Wildman–Crippen MR) is 142 cm³/mol. The Morgan fingerprint density at radius 2 is 2.02 bits per heavy atom. The monoisotopic (exact) mass is 616 g/mol. The molecule has 0 unspecified atom stereocenters. The molecule has 1 aliphatic rings. The summed E-state index contributed by atoms with van der Waals surface area (Å²) in [4.78, 5) is 35.4. The molecule has 220 valence electrons. The Labute approximate surface area is 236 Å². The molecule has 0 aliphatic carbocycles. The van der Waals surface area contributed by atoms with Crippen molar-refractivity contribution in [3.05, 3.63) is 47.2 Å². The van der Waals surface area contributed by atoms with Crippen LogP contribution in [0.2, 0.25) is 5.02 Å². The van der Waals surface area contributed by atoms with E-state index in [2.05, 4.69) is 19.4 Å². The number of likely N-dealkylation sites (tertiary alicyclic amines) is 1. The molecule has 4 rings (SSSR count). The van der Waals surface area contributed by atoms with Gasteiger partial charge in [0.1, 0.15) is 34.4 Å². The van der Waals surface area contributed by atoms with Gasteiger partial charge >= 0.3 is 12.3 Å². The number of halogens is 4. The number of anilines is 2. The second-order valence-electron chi connectivity index (χ2n) is 9.35. The topological polar surface area (TPSA) is 168 Å². The number of alkyl halides is 3. The third-order valence-corrected chi connectivity index (χ3v) is 8.06. The molecule has 17 heteroatoms. The van der Waals surface area contributed by atoms with Gasteiger partial charge in [-0.1, -0.05) is 11.6 Å². The van der Waals surface area contributed by atoms with Crippen LogP contribution in [0.5, 0.6) is 5.75 Å². The third-order valence-electron chi connectivity index (χ3n) is 6.34. The van der Waals surface area contributed by atoms with E-state index in [-0.39, 0.29) is 39.7 Å². The smallest absolute Gasteiger partial charge is 0.480 e. The number of benzene rings is 1. The normalized spacial score (nSPS) is 16.7. The Morgan fingerprint density at radius 3 is 2.63 bits per heavy atom. The number of pyridine rings is 2. The number of fused-ring (bicyclic) bond motifs is 1. The lowest BCUT2D eigenvalue weighted by Gasteiger charge is -2.26. The molecule has 3 aromatic rings. The van der Waals surface area contributed by atoms with Crippen molar-refractivity contribution < 1.29 is 41.0 Å². The summed E-state index contributed by atoms with van der Waals surface area (Å²) in [7, 11) is -0.977. The number of nitrogens with one attached hydrogen (secondary N) is 1. The molecule has 2 atom stereocenters. The first-order chi connectivity index (χ1) is 19.1. The Morgan fingerprint density at radius 1 is 1.32 bits per heavy atom. The number of carboxylic acid groups (broad SMARTS) is 1. The van der Waals surface area contributed by atoms with Gasteiger partial charge in [-0.05, 0) is 41.6 Å². The van der Waals surface area contributed by atoms with E-state index in [1.165, 1.54) is 18.3 Å². The van der Waals surface area contributed by atoms with E-state index in [1.54, 1.807) is 19.0 Å².